The average molecular weight is 1330 g/mol. The molecule has 0 bridgehead atoms. The minimum atomic E-state index is -4.95. The molecule has 90 heavy (non-hydrogen) atoms. The Kier molecular flexibility index (Phi) is 61.8. The molecule has 0 aliphatic heterocycles. The summed E-state index contributed by atoms with van der Waals surface area (Å²) in [6.07, 6.45) is 48.8. The number of aliphatic hydroxyl groups is 1. The predicted molar refractivity (Wildman–Crippen MR) is 363 cm³/mol. The number of unbranched alkanes of at least 4 members (excludes halogenated alkanes) is 39. The van der Waals surface area contributed by atoms with E-state index < -0.39 is 97.5 Å². The summed E-state index contributed by atoms with van der Waals surface area (Å²) in [5.41, 5.74) is 0. The Hall–Kier alpha value is -1.94. The Morgan fingerprint density at radius 2 is 0.567 bits per heavy atom. The van der Waals surface area contributed by atoms with Crippen LogP contribution in [0.4, 0.5) is 0 Å². The number of hydrogen-bond acceptors (Lipinski definition) is 15. The molecule has 0 aromatic carbocycles. The Bertz CT molecular complexity index is 1750. The summed E-state index contributed by atoms with van der Waals surface area (Å²) in [6, 6.07) is 0. The first-order chi connectivity index (χ1) is 43.4. The first kappa shape index (κ1) is 88.1. The highest BCUT2D eigenvalue weighted by molar-refractivity contribution is 7.47. The summed E-state index contributed by atoms with van der Waals surface area (Å²) >= 11 is 0. The quantitative estimate of drug-likeness (QED) is 0.0222. The maximum Gasteiger partial charge on any atom is 0.472 e. The molecule has 0 fully saturated rings. The number of phosphoric acid groups is 2. The standard InChI is InChI=1S/C71H138O17P2/c1-7-10-12-14-16-35-41-47-53-68(73)81-59-66(87-70(75)55-49-43-36-17-15-13-11-8-2)61-85-89(77,78)83-57-65(72)58-84-90(79,80)86-62-67(60-82-69(74)54-48-42-37-32-28-29-33-39-45-51-63(4)5)88-71(76)56-50-44-38-31-27-25-23-21-19-18-20-22-24-26-30-34-40-46-52-64(6)9-3/h63-67,72H,7-62H2,1-6H3,(H,77,78)(H,79,80)/t64?,65-,66+,67+/m0/s1. The summed E-state index contributed by atoms with van der Waals surface area (Å²) in [7, 11) is -9.89. The zero-order valence-corrected chi connectivity index (χ0v) is 60.2. The van der Waals surface area contributed by atoms with E-state index in [1.807, 2.05) is 0 Å². The molecule has 3 N–H and O–H groups in total. The third-order valence-corrected chi connectivity index (χ3v) is 18.7. The molecule has 0 radical (unpaired) electrons. The van der Waals surface area contributed by atoms with Gasteiger partial charge in [0.05, 0.1) is 26.4 Å². The second-order valence-corrected chi connectivity index (χ2v) is 29.3. The normalized spacial score (nSPS) is 14.4. The van der Waals surface area contributed by atoms with Gasteiger partial charge in [0.15, 0.2) is 12.2 Å². The van der Waals surface area contributed by atoms with Gasteiger partial charge >= 0.3 is 39.5 Å². The molecule has 0 spiro atoms. The van der Waals surface area contributed by atoms with Crippen LogP contribution in [-0.4, -0.2) is 96.7 Å². The van der Waals surface area contributed by atoms with Crippen molar-refractivity contribution in [3.05, 3.63) is 0 Å². The molecule has 0 aromatic heterocycles. The monoisotopic (exact) mass is 1320 g/mol. The van der Waals surface area contributed by atoms with Crippen molar-refractivity contribution in [2.24, 2.45) is 11.8 Å². The van der Waals surface area contributed by atoms with E-state index in [4.69, 9.17) is 37.0 Å². The lowest BCUT2D eigenvalue weighted by Gasteiger charge is -2.21. The van der Waals surface area contributed by atoms with Gasteiger partial charge < -0.3 is 33.8 Å². The smallest absolute Gasteiger partial charge is 0.462 e. The SMILES string of the molecule is CCCCCCCCCCC(=O)OC[C@H](COP(=O)(O)OC[C@H](O)COP(=O)(O)OC[C@@H](COC(=O)CCCCCCCCCCCC(C)C)OC(=O)CCCCCCCCCCCCCCCCCCCCC(C)CC)OC(=O)CCCCCCCCCC. The number of ether oxygens (including phenoxy) is 4. The van der Waals surface area contributed by atoms with Crippen molar-refractivity contribution in [1.82, 2.24) is 0 Å². The maximum absolute atomic E-state index is 13.0. The van der Waals surface area contributed by atoms with E-state index in [0.717, 1.165) is 115 Å². The molecule has 19 heteroatoms. The zero-order valence-electron chi connectivity index (χ0n) is 58.4. The van der Waals surface area contributed by atoms with Gasteiger partial charge in [0.25, 0.3) is 0 Å². The lowest BCUT2D eigenvalue weighted by molar-refractivity contribution is -0.161. The molecule has 0 saturated heterocycles. The molecule has 0 heterocycles. The van der Waals surface area contributed by atoms with E-state index >= 15 is 0 Å². The van der Waals surface area contributed by atoms with Crippen molar-refractivity contribution < 1.29 is 80.2 Å². The largest absolute Gasteiger partial charge is 0.472 e. The van der Waals surface area contributed by atoms with Crippen molar-refractivity contribution in [3.8, 4) is 0 Å². The number of esters is 4. The van der Waals surface area contributed by atoms with Crippen molar-refractivity contribution >= 4 is 39.5 Å². The number of hydrogen-bond donors (Lipinski definition) is 3. The van der Waals surface area contributed by atoms with E-state index in [9.17, 15) is 43.2 Å². The Balaban J connectivity index is 5.11. The van der Waals surface area contributed by atoms with Gasteiger partial charge in [-0.1, -0.05) is 311 Å². The van der Waals surface area contributed by atoms with Gasteiger partial charge in [-0.05, 0) is 37.5 Å². The molecule has 0 aliphatic rings. The molecule has 0 amide bonds. The fourth-order valence-electron chi connectivity index (χ4n) is 10.7. The van der Waals surface area contributed by atoms with Crippen molar-refractivity contribution in [2.45, 2.75) is 381 Å². The number of phosphoric ester groups is 2. The summed E-state index contributed by atoms with van der Waals surface area (Å²) in [6.45, 7) is 9.54. The predicted octanol–water partition coefficient (Wildman–Crippen LogP) is 20.4. The van der Waals surface area contributed by atoms with Gasteiger partial charge in [-0.2, -0.15) is 0 Å². The molecule has 0 aliphatic carbocycles. The Morgan fingerprint density at radius 3 is 0.844 bits per heavy atom. The maximum atomic E-state index is 13.0. The van der Waals surface area contributed by atoms with Gasteiger partial charge in [0, 0.05) is 25.7 Å². The molecule has 6 atom stereocenters. The van der Waals surface area contributed by atoms with Crippen LogP contribution in [-0.2, 0) is 65.4 Å². The minimum Gasteiger partial charge on any atom is -0.462 e. The van der Waals surface area contributed by atoms with E-state index in [-0.39, 0.29) is 25.7 Å². The van der Waals surface area contributed by atoms with Crippen LogP contribution in [0.25, 0.3) is 0 Å². The zero-order chi connectivity index (χ0) is 66.5. The second-order valence-electron chi connectivity index (χ2n) is 26.3. The summed E-state index contributed by atoms with van der Waals surface area (Å²) in [5, 5.41) is 10.6. The van der Waals surface area contributed by atoms with E-state index in [2.05, 4.69) is 41.5 Å². The second kappa shape index (κ2) is 63.1. The number of aliphatic hydroxyl groups excluding tert-OH is 1. The molecule has 3 unspecified atom stereocenters. The Morgan fingerprint density at radius 1 is 0.322 bits per heavy atom. The summed E-state index contributed by atoms with van der Waals surface area (Å²) in [4.78, 5) is 72.3. The summed E-state index contributed by atoms with van der Waals surface area (Å²) < 4.78 is 68.1. The molecular formula is C71H138O17P2. The molecule has 0 rings (SSSR count). The first-order valence-corrected chi connectivity index (χ1v) is 40.0. The van der Waals surface area contributed by atoms with Crippen LogP contribution in [0.15, 0.2) is 0 Å². The lowest BCUT2D eigenvalue weighted by Crippen LogP contribution is -2.30. The van der Waals surface area contributed by atoms with Gasteiger partial charge in [0.1, 0.15) is 19.3 Å². The number of carbonyl (C=O) groups is 4. The molecule has 0 aromatic rings. The summed E-state index contributed by atoms with van der Waals surface area (Å²) in [5.74, 6) is -0.515. The van der Waals surface area contributed by atoms with Crippen molar-refractivity contribution in [1.29, 1.82) is 0 Å². The number of rotatable bonds is 70. The molecular weight excluding hydrogens is 1190 g/mol. The highest BCUT2D eigenvalue weighted by Gasteiger charge is 2.30. The van der Waals surface area contributed by atoms with Crippen LogP contribution in [0.5, 0.6) is 0 Å². The molecule has 0 saturated carbocycles. The van der Waals surface area contributed by atoms with Crippen LogP contribution in [0.1, 0.15) is 363 Å². The van der Waals surface area contributed by atoms with E-state index in [0.29, 0.717) is 25.7 Å². The van der Waals surface area contributed by atoms with Crippen LogP contribution >= 0.6 is 15.6 Å². The third kappa shape index (κ3) is 63.5. The van der Waals surface area contributed by atoms with Crippen LogP contribution in [0, 0.1) is 11.8 Å². The van der Waals surface area contributed by atoms with E-state index in [1.165, 1.54) is 167 Å². The topological polar surface area (TPSA) is 237 Å². The highest BCUT2D eigenvalue weighted by atomic mass is 31.2. The third-order valence-electron chi connectivity index (χ3n) is 16.8. The first-order valence-electron chi connectivity index (χ1n) is 37.0. The van der Waals surface area contributed by atoms with Gasteiger partial charge in [-0.3, -0.25) is 37.3 Å². The van der Waals surface area contributed by atoms with Gasteiger partial charge in [-0.25, -0.2) is 9.13 Å². The van der Waals surface area contributed by atoms with Gasteiger partial charge in [0.2, 0.25) is 0 Å². The highest BCUT2D eigenvalue weighted by Crippen LogP contribution is 2.45. The molecule has 534 valence electrons. The van der Waals surface area contributed by atoms with Crippen LogP contribution in [0.3, 0.4) is 0 Å². The van der Waals surface area contributed by atoms with E-state index in [1.54, 1.807) is 0 Å². The van der Waals surface area contributed by atoms with Crippen LogP contribution < -0.4 is 0 Å². The lowest BCUT2D eigenvalue weighted by atomic mass is 9.99. The van der Waals surface area contributed by atoms with Crippen molar-refractivity contribution in [3.63, 3.8) is 0 Å². The number of carbonyl (C=O) groups excluding carboxylic acids is 4. The molecule has 17 nitrogen and oxygen atoms in total. The minimum absolute atomic E-state index is 0.105. The fourth-order valence-corrected chi connectivity index (χ4v) is 12.3. The van der Waals surface area contributed by atoms with Crippen molar-refractivity contribution in [2.75, 3.05) is 39.6 Å². The van der Waals surface area contributed by atoms with Crippen LogP contribution in [0.2, 0.25) is 0 Å². The van der Waals surface area contributed by atoms with Gasteiger partial charge in [-0.15, -0.1) is 0 Å². The Labute approximate surface area is 549 Å². The average Bonchev–Trinajstić information content (AvgIpc) is 3.73. The fraction of sp³-hybridized carbons (Fsp3) is 0.944.